The maximum Gasteiger partial charge on any atom is 0.261 e. The standard InChI is InChI=1S/C26H17ClN4O2/c27-21-11-5-3-9-19(21)24-20-10-4-6-12-22(20)31-16(13-28-23(31)14-29-24)15-30-25(32)17-7-1-2-8-18(17)26(30)33/h1-13H,14-15H2. The van der Waals surface area contributed by atoms with Crippen molar-refractivity contribution in [1.82, 2.24) is 14.5 Å². The molecular weight excluding hydrogens is 436 g/mol. The van der Waals surface area contributed by atoms with Crippen LogP contribution in [0, 0.1) is 0 Å². The third kappa shape index (κ3) is 3.02. The lowest BCUT2D eigenvalue weighted by molar-refractivity contribution is 0.0639. The van der Waals surface area contributed by atoms with E-state index in [1.54, 1.807) is 30.5 Å². The molecule has 0 bridgehead atoms. The number of carbonyl (C=O) groups is 2. The van der Waals surface area contributed by atoms with Gasteiger partial charge in [-0.05, 0) is 24.3 Å². The van der Waals surface area contributed by atoms with Crippen LogP contribution in [-0.4, -0.2) is 32.0 Å². The van der Waals surface area contributed by atoms with Crippen LogP contribution in [0.4, 0.5) is 0 Å². The van der Waals surface area contributed by atoms with E-state index in [0.29, 0.717) is 22.7 Å². The Kier molecular flexibility index (Phi) is 4.48. The molecule has 6 nitrogen and oxygen atoms in total. The van der Waals surface area contributed by atoms with E-state index in [9.17, 15) is 9.59 Å². The van der Waals surface area contributed by atoms with Crippen LogP contribution in [-0.2, 0) is 13.1 Å². The number of aromatic nitrogens is 2. The van der Waals surface area contributed by atoms with E-state index in [4.69, 9.17) is 16.6 Å². The van der Waals surface area contributed by atoms with E-state index < -0.39 is 0 Å². The van der Waals surface area contributed by atoms with Crippen LogP contribution in [0.3, 0.4) is 0 Å². The second kappa shape index (κ2) is 7.53. The van der Waals surface area contributed by atoms with Crippen molar-refractivity contribution >= 4 is 29.1 Å². The van der Waals surface area contributed by atoms with Gasteiger partial charge in [0.1, 0.15) is 5.82 Å². The molecular formula is C26H17ClN4O2. The van der Waals surface area contributed by atoms with E-state index in [1.807, 2.05) is 53.1 Å². The molecule has 7 heteroatoms. The summed E-state index contributed by atoms with van der Waals surface area (Å²) in [7, 11) is 0. The second-order valence-electron chi connectivity index (χ2n) is 7.91. The van der Waals surface area contributed by atoms with Crippen LogP contribution in [0.25, 0.3) is 5.69 Å². The van der Waals surface area contributed by atoms with Crippen molar-refractivity contribution in [2.75, 3.05) is 0 Å². The molecule has 6 rings (SSSR count). The highest BCUT2D eigenvalue weighted by Crippen LogP contribution is 2.30. The summed E-state index contributed by atoms with van der Waals surface area (Å²) in [6.45, 7) is 0.465. The normalized spacial score (nSPS) is 14.5. The number of fused-ring (bicyclic) bond motifs is 4. The van der Waals surface area contributed by atoms with Crippen LogP contribution in [0.1, 0.15) is 43.4 Å². The number of nitrogens with zero attached hydrogens (tertiary/aromatic N) is 4. The van der Waals surface area contributed by atoms with Gasteiger partial charge in [-0.1, -0.05) is 60.1 Å². The zero-order valence-corrected chi connectivity index (χ0v) is 18.2. The van der Waals surface area contributed by atoms with Crippen molar-refractivity contribution in [3.8, 4) is 5.69 Å². The fourth-order valence-corrected chi connectivity index (χ4v) is 4.70. The van der Waals surface area contributed by atoms with Gasteiger partial charge in [-0.25, -0.2) is 4.98 Å². The van der Waals surface area contributed by atoms with E-state index >= 15 is 0 Å². The SMILES string of the molecule is O=C1c2ccccc2C(=O)N1Cc1cnc2n1-c1ccccc1C(c1ccccc1Cl)=NC2. The smallest absolute Gasteiger partial charge is 0.261 e. The number of aliphatic imine (C=N–C) groups is 1. The van der Waals surface area contributed by atoms with E-state index in [-0.39, 0.29) is 18.4 Å². The molecule has 0 unspecified atom stereocenters. The van der Waals surface area contributed by atoms with E-state index in [0.717, 1.165) is 34.0 Å². The molecule has 0 fully saturated rings. The van der Waals surface area contributed by atoms with Crippen molar-refractivity contribution in [1.29, 1.82) is 0 Å². The highest BCUT2D eigenvalue weighted by molar-refractivity contribution is 6.35. The molecule has 0 spiro atoms. The third-order valence-corrected chi connectivity index (χ3v) is 6.34. The minimum atomic E-state index is -0.291. The number of amides is 2. The Morgan fingerprint density at radius 2 is 1.39 bits per heavy atom. The predicted molar refractivity (Wildman–Crippen MR) is 125 cm³/mol. The Morgan fingerprint density at radius 3 is 2.09 bits per heavy atom. The van der Waals surface area contributed by atoms with Gasteiger partial charge >= 0.3 is 0 Å². The van der Waals surface area contributed by atoms with Crippen LogP contribution < -0.4 is 0 Å². The number of imidazole rings is 1. The van der Waals surface area contributed by atoms with E-state index in [2.05, 4.69) is 4.98 Å². The lowest BCUT2D eigenvalue weighted by Crippen LogP contribution is -2.30. The first-order valence-corrected chi connectivity index (χ1v) is 10.9. The summed E-state index contributed by atoms with van der Waals surface area (Å²) < 4.78 is 1.99. The molecule has 0 saturated heterocycles. The molecule has 2 aliphatic heterocycles. The third-order valence-electron chi connectivity index (χ3n) is 6.01. The topological polar surface area (TPSA) is 67.6 Å². The summed E-state index contributed by atoms with van der Waals surface area (Å²) in [5.41, 5.74) is 5.03. The van der Waals surface area contributed by atoms with Gasteiger partial charge in [-0.2, -0.15) is 0 Å². The number of carbonyl (C=O) groups excluding carboxylic acids is 2. The van der Waals surface area contributed by atoms with Gasteiger partial charge in [0, 0.05) is 16.1 Å². The van der Waals surface area contributed by atoms with Crippen molar-refractivity contribution in [2.24, 2.45) is 4.99 Å². The summed E-state index contributed by atoms with van der Waals surface area (Å²) in [5.74, 6) is 0.151. The molecule has 33 heavy (non-hydrogen) atoms. The summed E-state index contributed by atoms with van der Waals surface area (Å²) in [5, 5.41) is 0.622. The molecule has 2 amide bonds. The van der Waals surface area contributed by atoms with Crippen LogP contribution in [0.15, 0.2) is 84.0 Å². The first-order chi connectivity index (χ1) is 16.1. The Hall–Kier alpha value is -4.03. The number of hydrogen-bond acceptors (Lipinski definition) is 4. The first-order valence-electron chi connectivity index (χ1n) is 10.5. The van der Waals surface area contributed by atoms with Crippen molar-refractivity contribution in [3.05, 3.63) is 118 Å². The fraction of sp³-hybridized carbons (Fsp3) is 0.0769. The highest BCUT2D eigenvalue weighted by Gasteiger charge is 2.36. The molecule has 0 saturated carbocycles. The number of benzene rings is 3. The summed E-state index contributed by atoms with van der Waals surface area (Å²) >= 11 is 6.50. The Balaban J connectivity index is 1.44. The van der Waals surface area contributed by atoms with Gasteiger partial charge in [0.05, 0.1) is 47.5 Å². The number of imide groups is 1. The zero-order chi connectivity index (χ0) is 22.5. The number of para-hydroxylation sites is 1. The summed E-state index contributed by atoms with van der Waals surface area (Å²) in [6, 6.07) is 22.4. The van der Waals surface area contributed by atoms with Crippen LogP contribution >= 0.6 is 11.6 Å². The molecule has 1 aromatic heterocycles. The van der Waals surface area contributed by atoms with Gasteiger partial charge in [0.15, 0.2) is 0 Å². The fourth-order valence-electron chi connectivity index (χ4n) is 4.48. The van der Waals surface area contributed by atoms with Crippen molar-refractivity contribution < 1.29 is 9.59 Å². The molecule has 4 aromatic rings. The molecule has 3 heterocycles. The molecule has 0 aliphatic carbocycles. The summed E-state index contributed by atoms with van der Waals surface area (Å²) in [4.78, 5) is 36.6. The van der Waals surface area contributed by atoms with Crippen molar-refractivity contribution in [2.45, 2.75) is 13.1 Å². The van der Waals surface area contributed by atoms with Gasteiger partial charge < -0.3 is 0 Å². The molecule has 0 N–H and O–H groups in total. The van der Waals surface area contributed by atoms with Gasteiger partial charge in [-0.3, -0.25) is 24.0 Å². The maximum absolute atomic E-state index is 12.9. The first kappa shape index (κ1) is 19.6. The number of halogens is 1. The monoisotopic (exact) mass is 452 g/mol. The lowest BCUT2D eigenvalue weighted by Gasteiger charge is -2.18. The van der Waals surface area contributed by atoms with E-state index in [1.165, 1.54) is 4.90 Å². The minimum Gasteiger partial charge on any atom is -0.297 e. The molecule has 160 valence electrons. The Bertz CT molecular complexity index is 1450. The van der Waals surface area contributed by atoms with Crippen LogP contribution in [0.2, 0.25) is 5.02 Å². The maximum atomic E-state index is 12.9. The minimum absolute atomic E-state index is 0.120. The van der Waals surface area contributed by atoms with Gasteiger partial charge in [-0.15, -0.1) is 0 Å². The molecule has 0 atom stereocenters. The lowest BCUT2D eigenvalue weighted by atomic mass is 10.0. The molecule has 3 aromatic carbocycles. The Labute approximate surface area is 194 Å². The van der Waals surface area contributed by atoms with Crippen molar-refractivity contribution in [3.63, 3.8) is 0 Å². The highest BCUT2D eigenvalue weighted by atomic mass is 35.5. The Morgan fingerprint density at radius 1 is 0.788 bits per heavy atom. The zero-order valence-electron chi connectivity index (χ0n) is 17.4. The number of hydrogen-bond donors (Lipinski definition) is 0. The average Bonchev–Trinajstić information content (AvgIpc) is 3.29. The predicted octanol–water partition coefficient (Wildman–Crippen LogP) is 4.67. The molecule has 2 aliphatic rings. The largest absolute Gasteiger partial charge is 0.297 e. The quantitative estimate of drug-likeness (QED) is 0.424. The molecule has 0 radical (unpaired) electrons. The average molecular weight is 453 g/mol. The second-order valence-corrected chi connectivity index (χ2v) is 8.31. The number of rotatable bonds is 3. The van der Waals surface area contributed by atoms with Gasteiger partial charge in [0.25, 0.3) is 11.8 Å². The summed E-state index contributed by atoms with van der Waals surface area (Å²) in [6.07, 6.45) is 1.71. The van der Waals surface area contributed by atoms with Crippen LogP contribution in [0.5, 0.6) is 0 Å². The van der Waals surface area contributed by atoms with Gasteiger partial charge in [0.2, 0.25) is 0 Å².